The van der Waals surface area contributed by atoms with Crippen molar-refractivity contribution in [3.05, 3.63) is 41.4 Å². The van der Waals surface area contributed by atoms with Gasteiger partial charge in [-0.15, -0.1) is 23.1 Å². The van der Waals surface area contributed by atoms with Gasteiger partial charge in [-0.05, 0) is 43.9 Å². The SMILES string of the molecule is CC(NC(=O)CSCc1csc(-c2ccccc2)n1)C1CC2CCC1C2. The van der Waals surface area contributed by atoms with Gasteiger partial charge in [-0.1, -0.05) is 36.8 Å². The fourth-order valence-corrected chi connectivity index (χ4v) is 6.30. The van der Waals surface area contributed by atoms with Crippen molar-refractivity contribution in [3.8, 4) is 10.6 Å². The molecule has 0 spiro atoms. The number of hydrogen-bond donors (Lipinski definition) is 1. The molecule has 4 unspecified atom stereocenters. The molecule has 2 bridgehead atoms. The van der Waals surface area contributed by atoms with E-state index < -0.39 is 0 Å². The Bertz CT molecular complexity index is 745. The molecule has 2 aliphatic rings. The van der Waals surface area contributed by atoms with E-state index in [0.29, 0.717) is 17.7 Å². The molecule has 5 heteroatoms. The van der Waals surface area contributed by atoms with Crippen LogP contribution in [0, 0.1) is 17.8 Å². The second-order valence-electron chi connectivity index (χ2n) is 7.70. The van der Waals surface area contributed by atoms with Gasteiger partial charge in [0.25, 0.3) is 0 Å². The van der Waals surface area contributed by atoms with Crippen LogP contribution in [0.15, 0.2) is 35.7 Å². The first-order chi connectivity index (χ1) is 12.7. The summed E-state index contributed by atoms with van der Waals surface area (Å²) >= 11 is 3.33. The second-order valence-corrected chi connectivity index (χ2v) is 9.54. The number of nitrogens with zero attached hydrogens (tertiary/aromatic N) is 1. The predicted octanol–water partition coefficient (Wildman–Crippen LogP) is 4.98. The minimum atomic E-state index is 0.170. The predicted molar refractivity (Wildman–Crippen MR) is 110 cm³/mol. The zero-order chi connectivity index (χ0) is 17.9. The number of thioether (sulfide) groups is 1. The van der Waals surface area contributed by atoms with Crippen molar-refractivity contribution in [1.82, 2.24) is 10.3 Å². The Morgan fingerprint density at radius 1 is 1.31 bits per heavy atom. The third kappa shape index (κ3) is 4.15. The Morgan fingerprint density at radius 2 is 2.15 bits per heavy atom. The van der Waals surface area contributed by atoms with Gasteiger partial charge in [0, 0.05) is 22.7 Å². The summed E-state index contributed by atoms with van der Waals surface area (Å²) in [6, 6.07) is 10.6. The molecule has 4 rings (SSSR count). The average Bonchev–Trinajstić information content (AvgIpc) is 3.39. The maximum absolute atomic E-state index is 12.3. The van der Waals surface area contributed by atoms with Crippen LogP contribution in [0.4, 0.5) is 0 Å². The molecule has 138 valence electrons. The molecule has 2 fully saturated rings. The Morgan fingerprint density at radius 3 is 2.88 bits per heavy atom. The maximum Gasteiger partial charge on any atom is 0.230 e. The fraction of sp³-hybridized carbons (Fsp3) is 0.524. The van der Waals surface area contributed by atoms with E-state index in [4.69, 9.17) is 4.98 Å². The summed E-state index contributed by atoms with van der Waals surface area (Å²) in [6.45, 7) is 2.19. The quantitative estimate of drug-likeness (QED) is 0.729. The number of carbonyl (C=O) groups excluding carboxylic acids is 1. The Labute approximate surface area is 164 Å². The second kappa shape index (κ2) is 8.13. The van der Waals surface area contributed by atoms with Crippen LogP contribution in [0.1, 0.15) is 38.3 Å². The molecule has 2 saturated carbocycles. The lowest BCUT2D eigenvalue weighted by Gasteiger charge is -2.28. The number of carbonyl (C=O) groups is 1. The van der Waals surface area contributed by atoms with E-state index in [9.17, 15) is 4.79 Å². The molecule has 3 nitrogen and oxygen atoms in total. The first-order valence-corrected chi connectivity index (χ1v) is 11.6. The van der Waals surface area contributed by atoms with E-state index in [1.54, 1.807) is 23.1 Å². The molecular formula is C21H26N2OS2. The van der Waals surface area contributed by atoms with E-state index in [-0.39, 0.29) is 5.91 Å². The maximum atomic E-state index is 12.3. The molecule has 0 saturated heterocycles. The molecule has 2 aromatic rings. The topological polar surface area (TPSA) is 42.0 Å². The molecule has 1 heterocycles. The molecular weight excluding hydrogens is 360 g/mol. The van der Waals surface area contributed by atoms with E-state index in [2.05, 4.69) is 29.8 Å². The van der Waals surface area contributed by atoms with Crippen molar-refractivity contribution in [3.63, 3.8) is 0 Å². The van der Waals surface area contributed by atoms with Crippen LogP contribution in [-0.4, -0.2) is 22.7 Å². The standard InChI is InChI=1S/C21H26N2OS2/c1-14(19-10-15-7-8-17(19)9-15)22-20(24)13-25-11-18-12-26-21(23-18)16-5-3-2-4-6-16/h2-6,12,14-15,17,19H,7-11,13H2,1H3,(H,22,24). The summed E-state index contributed by atoms with van der Waals surface area (Å²) in [6.07, 6.45) is 5.50. The summed E-state index contributed by atoms with van der Waals surface area (Å²) in [5, 5.41) is 6.40. The fourth-order valence-electron chi connectivity index (χ4n) is 4.64. The normalized spacial score (nSPS) is 25.3. The highest BCUT2D eigenvalue weighted by Crippen LogP contribution is 2.49. The molecule has 1 aromatic heterocycles. The number of aromatic nitrogens is 1. The molecule has 1 amide bonds. The Balaban J connectivity index is 1.21. The number of amides is 1. The van der Waals surface area contributed by atoms with Crippen molar-refractivity contribution >= 4 is 29.0 Å². The summed E-state index contributed by atoms with van der Waals surface area (Å²) in [5.74, 6) is 3.97. The molecule has 2 aliphatic carbocycles. The molecule has 0 radical (unpaired) electrons. The van der Waals surface area contributed by atoms with Crippen LogP contribution in [-0.2, 0) is 10.5 Å². The minimum Gasteiger partial charge on any atom is -0.353 e. The highest BCUT2D eigenvalue weighted by molar-refractivity contribution is 7.99. The summed E-state index contributed by atoms with van der Waals surface area (Å²) in [5.41, 5.74) is 2.22. The lowest BCUT2D eigenvalue weighted by atomic mass is 9.84. The van der Waals surface area contributed by atoms with Crippen LogP contribution >= 0.6 is 23.1 Å². The molecule has 0 aliphatic heterocycles. The van der Waals surface area contributed by atoms with Gasteiger partial charge in [-0.2, -0.15) is 0 Å². The Hall–Kier alpha value is -1.33. The minimum absolute atomic E-state index is 0.170. The van der Waals surface area contributed by atoms with Gasteiger partial charge in [0.05, 0.1) is 11.4 Å². The van der Waals surface area contributed by atoms with Crippen molar-refractivity contribution in [2.45, 2.75) is 44.4 Å². The van der Waals surface area contributed by atoms with Crippen molar-refractivity contribution < 1.29 is 4.79 Å². The third-order valence-electron chi connectivity index (χ3n) is 5.88. The summed E-state index contributed by atoms with van der Waals surface area (Å²) < 4.78 is 0. The number of benzene rings is 1. The van der Waals surface area contributed by atoms with Gasteiger partial charge in [-0.25, -0.2) is 4.98 Å². The summed E-state index contributed by atoms with van der Waals surface area (Å²) in [7, 11) is 0. The average molecular weight is 387 g/mol. The van der Waals surface area contributed by atoms with E-state index in [1.165, 1.54) is 25.7 Å². The van der Waals surface area contributed by atoms with Crippen molar-refractivity contribution in [2.24, 2.45) is 17.8 Å². The summed E-state index contributed by atoms with van der Waals surface area (Å²) in [4.78, 5) is 17.0. The molecule has 1 aromatic carbocycles. The Kier molecular flexibility index (Phi) is 5.65. The number of thiazole rings is 1. The van der Waals surface area contributed by atoms with Crippen molar-refractivity contribution in [1.29, 1.82) is 0 Å². The number of rotatable bonds is 7. The molecule has 4 atom stereocenters. The first-order valence-electron chi connectivity index (χ1n) is 9.56. The van der Waals surface area contributed by atoms with E-state index in [1.807, 2.05) is 18.2 Å². The molecule has 1 N–H and O–H groups in total. The lowest BCUT2D eigenvalue weighted by molar-refractivity contribution is -0.119. The van der Waals surface area contributed by atoms with Gasteiger partial charge in [0.2, 0.25) is 5.91 Å². The van der Waals surface area contributed by atoms with Gasteiger partial charge < -0.3 is 5.32 Å². The number of nitrogens with one attached hydrogen (secondary N) is 1. The van der Waals surface area contributed by atoms with Crippen LogP contribution in [0.3, 0.4) is 0 Å². The highest BCUT2D eigenvalue weighted by atomic mass is 32.2. The third-order valence-corrected chi connectivity index (χ3v) is 7.79. The van der Waals surface area contributed by atoms with Gasteiger partial charge in [-0.3, -0.25) is 4.79 Å². The van der Waals surface area contributed by atoms with Crippen LogP contribution in [0.2, 0.25) is 0 Å². The van der Waals surface area contributed by atoms with Crippen LogP contribution in [0.5, 0.6) is 0 Å². The zero-order valence-corrected chi connectivity index (χ0v) is 16.8. The van der Waals surface area contributed by atoms with Gasteiger partial charge >= 0.3 is 0 Å². The van der Waals surface area contributed by atoms with E-state index >= 15 is 0 Å². The molecule has 26 heavy (non-hydrogen) atoms. The van der Waals surface area contributed by atoms with Crippen molar-refractivity contribution in [2.75, 3.05) is 5.75 Å². The lowest BCUT2D eigenvalue weighted by Crippen LogP contribution is -2.40. The number of hydrogen-bond acceptors (Lipinski definition) is 4. The monoisotopic (exact) mass is 386 g/mol. The smallest absolute Gasteiger partial charge is 0.230 e. The zero-order valence-electron chi connectivity index (χ0n) is 15.2. The van der Waals surface area contributed by atoms with Crippen LogP contribution < -0.4 is 5.32 Å². The van der Waals surface area contributed by atoms with Gasteiger partial charge in [0.15, 0.2) is 0 Å². The highest BCUT2D eigenvalue weighted by Gasteiger charge is 2.42. The van der Waals surface area contributed by atoms with E-state index in [0.717, 1.165) is 33.9 Å². The van der Waals surface area contributed by atoms with Gasteiger partial charge in [0.1, 0.15) is 5.01 Å². The number of fused-ring (bicyclic) bond motifs is 2. The largest absolute Gasteiger partial charge is 0.353 e. The van der Waals surface area contributed by atoms with Crippen LogP contribution in [0.25, 0.3) is 10.6 Å². The first kappa shape index (κ1) is 18.1.